The lowest BCUT2D eigenvalue weighted by molar-refractivity contribution is -0.145. The molecule has 29 heavy (non-hydrogen) atoms. The van der Waals surface area contributed by atoms with Gasteiger partial charge >= 0.3 is 12.1 Å². The maximum Gasteiger partial charge on any atom is 0.407 e. The fourth-order valence-corrected chi connectivity index (χ4v) is 5.03. The summed E-state index contributed by atoms with van der Waals surface area (Å²) >= 11 is 0. The van der Waals surface area contributed by atoms with E-state index in [-0.39, 0.29) is 17.8 Å². The maximum absolute atomic E-state index is 12.2. The first-order valence-electron chi connectivity index (χ1n) is 10.4. The van der Waals surface area contributed by atoms with Crippen molar-refractivity contribution in [3.05, 3.63) is 29.3 Å². The number of hydrogen-bond donors (Lipinski definition) is 2. The van der Waals surface area contributed by atoms with E-state index >= 15 is 0 Å². The fraction of sp³-hybridized carbons (Fsp3) is 0.636. The van der Waals surface area contributed by atoms with Gasteiger partial charge < -0.3 is 24.6 Å². The van der Waals surface area contributed by atoms with Crippen molar-refractivity contribution < 1.29 is 29.3 Å². The van der Waals surface area contributed by atoms with E-state index in [1.54, 1.807) is 0 Å². The molecule has 3 aliphatic rings. The monoisotopic (exact) mass is 403 g/mol. The van der Waals surface area contributed by atoms with Crippen LogP contribution in [0.2, 0.25) is 0 Å². The topological polar surface area (TPSA) is 96.3 Å². The van der Waals surface area contributed by atoms with Gasteiger partial charge in [-0.15, -0.1) is 0 Å². The number of rotatable bonds is 4. The molecular formula is C22H29NO6. The molecule has 4 rings (SSSR count). The highest BCUT2D eigenvalue weighted by atomic mass is 16.5. The average molecular weight is 403 g/mol. The zero-order valence-corrected chi connectivity index (χ0v) is 17.0. The molecule has 2 N–H and O–H groups in total. The summed E-state index contributed by atoms with van der Waals surface area (Å²) in [4.78, 5) is 24.8. The average Bonchev–Trinajstić information content (AvgIpc) is 3.52. The lowest BCUT2D eigenvalue weighted by atomic mass is 9.79. The van der Waals surface area contributed by atoms with Gasteiger partial charge in [0.2, 0.25) is 0 Å². The van der Waals surface area contributed by atoms with E-state index in [1.165, 1.54) is 12.0 Å². The van der Waals surface area contributed by atoms with Crippen molar-refractivity contribution in [1.82, 2.24) is 4.90 Å². The Hall–Kier alpha value is -2.28. The van der Waals surface area contributed by atoms with Crippen molar-refractivity contribution in [3.63, 3.8) is 0 Å². The summed E-state index contributed by atoms with van der Waals surface area (Å²) < 4.78 is 11.4. The maximum atomic E-state index is 12.2. The lowest BCUT2D eigenvalue weighted by Crippen LogP contribution is -2.51. The van der Waals surface area contributed by atoms with Gasteiger partial charge in [0, 0.05) is 37.9 Å². The quantitative estimate of drug-likeness (QED) is 0.749. The van der Waals surface area contributed by atoms with Gasteiger partial charge in [0.1, 0.15) is 11.4 Å². The van der Waals surface area contributed by atoms with Crippen LogP contribution in [-0.4, -0.2) is 53.0 Å². The lowest BCUT2D eigenvalue weighted by Gasteiger charge is -2.45. The normalized spacial score (nSPS) is 24.9. The highest BCUT2D eigenvalue weighted by molar-refractivity contribution is 5.73. The van der Waals surface area contributed by atoms with E-state index in [0.717, 1.165) is 24.0 Å². The van der Waals surface area contributed by atoms with Crippen LogP contribution in [0, 0.1) is 11.8 Å². The number of carbonyl (C=O) groups excluding carboxylic acids is 1. The van der Waals surface area contributed by atoms with Crippen LogP contribution in [-0.2, 0) is 9.53 Å². The van der Waals surface area contributed by atoms with Gasteiger partial charge in [0.25, 0.3) is 0 Å². The van der Waals surface area contributed by atoms with E-state index in [9.17, 15) is 19.8 Å². The van der Waals surface area contributed by atoms with Crippen molar-refractivity contribution in [2.75, 3.05) is 20.2 Å². The van der Waals surface area contributed by atoms with E-state index in [0.29, 0.717) is 44.0 Å². The largest absolute Gasteiger partial charge is 0.487 e. The number of carboxylic acid groups (broad SMARTS) is 1. The second-order valence-electron chi connectivity index (χ2n) is 8.75. The molecule has 7 heteroatoms. The summed E-state index contributed by atoms with van der Waals surface area (Å²) in [6, 6.07) is 5.89. The Morgan fingerprint density at radius 1 is 1.28 bits per heavy atom. The number of ether oxygens (including phenoxy) is 2. The number of methoxy groups -OCH3 is 1. The number of aliphatic hydroxyl groups is 1. The molecule has 2 fully saturated rings. The van der Waals surface area contributed by atoms with Crippen LogP contribution in [0.5, 0.6) is 5.75 Å². The van der Waals surface area contributed by atoms with Crippen molar-refractivity contribution in [1.29, 1.82) is 0 Å². The molecule has 0 bridgehead atoms. The SMILES string of the molecule is COC(=O)C(C)C(c1ccc2c(c1)OC1(CCN(C(=O)O)CC1)CC2O)C1CC1. The molecule has 2 aliphatic heterocycles. The fourth-order valence-electron chi connectivity index (χ4n) is 5.03. The minimum Gasteiger partial charge on any atom is -0.487 e. The number of nitrogens with zero attached hydrogens (tertiary/aromatic N) is 1. The number of likely N-dealkylation sites (tertiary alicyclic amines) is 1. The predicted molar refractivity (Wildman–Crippen MR) is 105 cm³/mol. The number of hydrogen-bond acceptors (Lipinski definition) is 5. The molecule has 1 saturated heterocycles. The van der Waals surface area contributed by atoms with Gasteiger partial charge in [-0.25, -0.2) is 4.79 Å². The molecule has 3 unspecified atom stereocenters. The second-order valence-corrected chi connectivity index (χ2v) is 8.75. The Balaban J connectivity index is 1.60. The van der Waals surface area contributed by atoms with Gasteiger partial charge in [-0.3, -0.25) is 4.79 Å². The molecular weight excluding hydrogens is 374 g/mol. The third-order valence-corrected chi connectivity index (χ3v) is 6.86. The van der Waals surface area contributed by atoms with E-state index in [2.05, 4.69) is 0 Å². The summed E-state index contributed by atoms with van der Waals surface area (Å²) in [5.41, 5.74) is 1.26. The van der Waals surface area contributed by atoms with Crippen LogP contribution in [0.4, 0.5) is 4.79 Å². The summed E-state index contributed by atoms with van der Waals surface area (Å²) in [5.74, 6) is 0.737. The molecule has 1 aliphatic carbocycles. The van der Waals surface area contributed by atoms with Crippen molar-refractivity contribution >= 4 is 12.1 Å². The minimum atomic E-state index is -0.914. The Kier molecular flexibility index (Phi) is 5.19. The summed E-state index contributed by atoms with van der Waals surface area (Å²) in [7, 11) is 1.42. The Morgan fingerprint density at radius 3 is 2.55 bits per heavy atom. The highest BCUT2D eigenvalue weighted by Crippen LogP contribution is 2.50. The molecule has 3 atom stereocenters. The molecule has 1 saturated carbocycles. The van der Waals surface area contributed by atoms with E-state index in [4.69, 9.17) is 9.47 Å². The van der Waals surface area contributed by atoms with Gasteiger partial charge in [-0.05, 0) is 36.3 Å². The van der Waals surface area contributed by atoms with Crippen LogP contribution >= 0.6 is 0 Å². The molecule has 1 spiro atoms. The van der Waals surface area contributed by atoms with Crippen LogP contribution in [0.25, 0.3) is 0 Å². The molecule has 1 aromatic carbocycles. The summed E-state index contributed by atoms with van der Waals surface area (Å²) in [6.07, 6.45) is 2.24. The molecule has 0 radical (unpaired) electrons. The summed E-state index contributed by atoms with van der Waals surface area (Å²) in [6.45, 7) is 2.72. The molecule has 158 valence electrons. The van der Waals surface area contributed by atoms with Gasteiger partial charge in [0.05, 0.1) is 19.1 Å². The van der Waals surface area contributed by atoms with Crippen molar-refractivity contribution in [2.45, 2.75) is 56.7 Å². The van der Waals surface area contributed by atoms with Crippen LogP contribution in [0.3, 0.4) is 0 Å². The Bertz CT molecular complexity index is 796. The molecule has 2 heterocycles. The van der Waals surface area contributed by atoms with Gasteiger partial charge in [-0.2, -0.15) is 0 Å². The van der Waals surface area contributed by atoms with E-state index < -0.39 is 17.8 Å². The van der Waals surface area contributed by atoms with Crippen LogP contribution in [0.1, 0.15) is 62.2 Å². The first-order chi connectivity index (χ1) is 13.8. The Morgan fingerprint density at radius 2 is 1.97 bits per heavy atom. The van der Waals surface area contributed by atoms with Crippen molar-refractivity contribution in [2.24, 2.45) is 11.8 Å². The van der Waals surface area contributed by atoms with Crippen molar-refractivity contribution in [3.8, 4) is 5.75 Å². The number of piperidine rings is 1. The molecule has 7 nitrogen and oxygen atoms in total. The second kappa shape index (κ2) is 7.52. The molecule has 1 amide bonds. The first kappa shape index (κ1) is 20.0. The molecule has 0 aromatic heterocycles. The van der Waals surface area contributed by atoms with E-state index in [1.807, 2.05) is 25.1 Å². The standard InChI is InChI=1S/C22H29NO6/c1-13(20(25)28-2)19(14-3-4-14)15-5-6-16-17(24)12-22(29-18(16)11-15)7-9-23(10-8-22)21(26)27/h5-6,11,13-14,17,19,24H,3-4,7-10,12H2,1-2H3,(H,26,27). The minimum absolute atomic E-state index is 0.0697. The predicted octanol–water partition coefficient (Wildman–Crippen LogP) is 3.32. The van der Waals surface area contributed by atoms with Gasteiger partial charge in [0.15, 0.2) is 0 Å². The number of aliphatic hydroxyl groups excluding tert-OH is 1. The highest BCUT2D eigenvalue weighted by Gasteiger charge is 2.45. The van der Waals surface area contributed by atoms with Crippen LogP contribution < -0.4 is 4.74 Å². The third-order valence-electron chi connectivity index (χ3n) is 6.86. The van der Waals surface area contributed by atoms with Gasteiger partial charge in [-0.1, -0.05) is 19.1 Å². The molecule has 1 aromatic rings. The summed E-state index contributed by atoms with van der Waals surface area (Å²) in [5, 5.41) is 20.0. The number of carbonyl (C=O) groups is 2. The Labute approximate surface area is 170 Å². The van der Waals surface area contributed by atoms with Crippen LogP contribution in [0.15, 0.2) is 18.2 Å². The zero-order valence-electron chi connectivity index (χ0n) is 17.0. The third kappa shape index (κ3) is 3.80. The smallest absolute Gasteiger partial charge is 0.407 e. The number of amides is 1. The number of esters is 1. The number of fused-ring (bicyclic) bond motifs is 1. The number of benzene rings is 1. The first-order valence-corrected chi connectivity index (χ1v) is 10.4. The zero-order chi connectivity index (χ0) is 20.8.